The van der Waals surface area contributed by atoms with Crippen LogP contribution in [0.25, 0.3) is 10.8 Å². The Labute approximate surface area is 214 Å². The summed E-state index contributed by atoms with van der Waals surface area (Å²) < 4.78 is 5.99. The Hall–Kier alpha value is -4.30. The van der Waals surface area contributed by atoms with Gasteiger partial charge in [-0.05, 0) is 74.1 Å². The van der Waals surface area contributed by atoms with Gasteiger partial charge in [0.1, 0.15) is 11.5 Å². The predicted octanol–water partition coefficient (Wildman–Crippen LogP) is 3.90. The monoisotopic (exact) mass is 496 g/mol. The summed E-state index contributed by atoms with van der Waals surface area (Å²) in [7, 11) is 2.06. The molecular weight excluding hydrogens is 468 g/mol. The Morgan fingerprint density at radius 3 is 2.35 bits per heavy atom. The minimum atomic E-state index is -0.282. The van der Waals surface area contributed by atoms with Gasteiger partial charge in [-0.3, -0.25) is 14.4 Å². The van der Waals surface area contributed by atoms with Crippen LogP contribution in [0, 0.1) is 0 Å². The summed E-state index contributed by atoms with van der Waals surface area (Å²) in [6, 6.07) is 19.7. The minimum absolute atomic E-state index is 0.0125. The number of benzene rings is 3. The van der Waals surface area contributed by atoms with Gasteiger partial charge >= 0.3 is 0 Å². The molecule has 1 aromatic heterocycles. The van der Waals surface area contributed by atoms with E-state index in [9.17, 15) is 14.4 Å². The van der Waals surface area contributed by atoms with Crippen LogP contribution in [0.15, 0.2) is 71.5 Å². The number of carbonyl (C=O) groups is 2. The van der Waals surface area contributed by atoms with E-state index in [4.69, 9.17) is 4.74 Å². The Kier molecular flexibility index (Phi) is 6.83. The molecule has 0 bridgehead atoms. The fraction of sp³-hybridized carbons (Fsp3) is 0.241. The number of Topliss-reactive ketones (excluding diaryl/α,β-unsaturated/α-hetero) is 1. The van der Waals surface area contributed by atoms with Crippen molar-refractivity contribution in [3.05, 3.63) is 99.5 Å². The molecule has 0 saturated carbocycles. The Bertz CT molecular complexity index is 1520. The number of aromatic nitrogens is 2. The minimum Gasteiger partial charge on any atom is -0.457 e. The summed E-state index contributed by atoms with van der Waals surface area (Å²) >= 11 is 0. The zero-order chi connectivity index (χ0) is 25.9. The van der Waals surface area contributed by atoms with E-state index < -0.39 is 0 Å². The highest BCUT2D eigenvalue weighted by Gasteiger charge is 2.20. The van der Waals surface area contributed by atoms with Crippen LogP contribution < -0.4 is 10.3 Å². The summed E-state index contributed by atoms with van der Waals surface area (Å²) in [5, 5.41) is 8.09. The third kappa shape index (κ3) is 5.44. The Morgan fingerprint density at radius 2 is 1.62 bits per heavy atom. The third-order valence-corrected chi connectivity index (χ3v) is 6.67. The van der Waals surface area contributed by atoms with Crippen LogP contribution in [-0.4, -0.2) is 64.9 Å². The van der Waals surface area contributed by atoms with E-state index in [-0.39, 0.29) is 17.2 Å². The van der Waals surface area contributed by atoms with Gasteiger partial charge in [0.2, 0.25) is 0 Å². The van der Waals surface area contributed by atoms with Gasteiger partial charge in [-0.25, -0.2) is 5.10 Å². The lowest BCUT2D eigenvalue weighted by Crippen LogP contribution is -2.47. The first kappa shape index (κ1) is 24.4. The van der Waals surface area contributed by atoms with Crippen molar-refractivity contribution in [3.8, 4) is 11.5 Å². The maximum absolute atomic E-state index is 13.1. The third-order valence-electron chi connectivity index (χ3n) is 6.67. The highest BCUT2D eigenvalue weighted by molar-refractivity contribution is 5.95. The topological polar surface area (TPSA) is 95.6 Å². The quantitative estimate of drug-likeness (QED) is 0.407. The largest absolute Gasteiger partial charge is 0.457 e. The second kappa shape index (κ2) is 10.4. The summed E-state index contributed by atoms with van der Waals surface area (Å²) in [5.74, 6) is 1.15. The average Bonchev–Trinajstić information content (AvgIpc) is 2.91. The van der Waals surface area contributed by atoms with Gasteiger partial charge in [-0.2, -0.15) is 5.10 Å². The highest BCUT2D eigenvalue weighted by atomic mass is 16.5. The van der Waals surface area contributed by atoms with Crippen LogP contribution in [0.1, 0.15) is 38.9 Å². The second-order valence-corrected chi connectivity index (χ2v) is 9.36. The molecule has 188 valence electrons. The van der Waals surface area contributed by atoms with Crippen molar-refractivity contribution < 1.29 is 14.3 Å². The number of piperazine rings is 1. The maximum atomic E-state index is 13.1. The lowest BCUT2D eigenvalue weighted by Gasteiger charge is -2.32. The molecule has 3 aromatic carbocycles. The predicted molar refractivity (Wildman–Crippen MR) is 142 cm³/mol. The van der Waals surface area contributed by atoms with Crippen LogP contribution in [0.2, 0.25) is 0 Å². The average molecular weight is 497 g/mol. The number of H-pyrrole nitrogens is 1. The van der Waals surface area contributed by atoms with Crippen molar-refractivity contribution in [2.24, 2.45) is 0 Å². The zero-order valence-electron chi connectivity index (χ0n) is 20.9. The van der Waals surface area contributed by atoms with Gasteiger partial charge < -0.3 is 14.5 Å². The molecule has 1 amide bonds. The van der Waals surface area contributed by atoms with Crippen LogP contribution in [0.3, 0.4) is 0 Å². The first-order valence-corrected chi connectivity index (χ1v) is 12.2. The molecular formula is C29H28N4O4. The number of likely N-dealkylation sites (N-methyl/N-ethyl adjacent to an activating group) is 1. The van der Waals surface area contributed by atoms with E-state index in [2.05, 4.69) is 22.1 Å². The van der Waals surface area contributed by atoms with Gasteiger partial charge in [-0.1, -0.05) is 12.1 Å². The Balaban J connectivity index is 1.40. The summed E-state index contributed by atoms with van der Waals surface area (Å²) in [6.45, 7) is 4.68. The summed E-state index contributed by atoms with van der Waals surface area (Å²) in [4.78, 5) is 41.1. The molecule has 0 unspecified atom stereocenters. The van der Waals surface area contributed by atoms with Crippen molar-refractivity contribution in [2.45, 2.75) is 13.3 Å². The fourth-order valence-corrected chi connectivity index (χ4v) is 4.49. The molecule has 0 radical (unpaired) electrons. The molecule has 1 aliphatic rings. The molecule has 8 nitrogen and oxygen atoms in total. The van der Waals surface area contributed by atoms with Gasteiger partial charge in [0.05, 0.1) is 11.1 Å². The molecule has 1 N–H and O–H groups in total. The lowest BCUT2D eigenvalue weighted by molar-refractivity contribution is 0.0664. The molecule has 1 saturated heterocycles. The van der Waals surface area contributed by atoms with E-state index >= 15 is 0 Å². The summed E-state index contributed by atoms with van der Waals surface area (Å²) in [5.41, 5.74) is 2.57. The van der Waals surface area contributed by atoms with E-state index in [1.165, 1.54) is 6.92 Å². The molecule has 37 heavy (non-hydrogen) atoms. The fourth-order valence-electron chi connectivity index (χ4n) is 4.49. The van der Waals surface area contributed by atoms with E-state index in [1.54, 1.807) is 42.5 Å². The molecule has 8 heteroatoms. The smallest absolute Gasteiger partial charge is 0.272 e. The molecule has 1 fully saturated rings. The number of ether oxygens (including phenoxy) is 1. The summed E-state index contributed by atoms with van der Waals surface area (Å²) in [6.07, 6.45) is 0.438. The van der Waals surface area contributed by atoms with Crippen molar-refractivity contribution in [2.75, 3.05) is 33.2 Å². The SMILES string of the molecule is CC(=O)c1ccc(Oc2ccc3c(=O)[nH]nc(Cc4cccc(C(=O)N5CCN(C)CC5)c4)c3c2)cc1. The number of aromatic amines is 1. The number of hydrogen-bond donors (Lipinski definition) is 1. The van der Waals surface area contributed by atoms with Crippen molar-refractivity contribution in [1.82, 2.24) is 20.0 Å². The van der Waals surface area contributed by atoms with Gasteiger partial charge in [0, 0.05) is 49.1 Å². The molecule has 0 spiro atoms. The van der Waals surface area contributed by atoms with Gasteiger partial charge in [0.25, 0.3) is 11.5 Å². The second-order valence-electron chi connectivity index (χ2n) is 9.36. The van der Waals surface area contributed by atoms with Gasteiger partial charge in [-0.15, -0.1) is 0 Å². The number of rotatable bonds is 6. The number of nitrogens with one attached hydrogen (secondary N) is 1. The van der Waals surface area contributed by atoms with Crippen LogP contribution >= 0.6 is 0 Å². The molecule has 0 aliphatic carbocycles. The number of carbonyl (C=O) groups excluding carboxylic acids is 2. The van der Waals surface area contributed by atoms with Crippen LogP contribution in [-0.2, 0) is 6.42 Å². The molecule has 2 heterocycles. The highest BCUT2D eigenvalue weighted by Crippen LogP contribution is 2.27. The van der Waals surface area contributed by atoms with Crippen LogP contribution in [0.4, 0.5) is 0 Å². The number of hydrogen-bond acceptors (Lipinski definition) is 6. The van der Waals surface area contributed by atoms with Crippen molar-refractivity contribution in [1.29, 1.82) is 0 Å². The van der Waals surface area contributed by atoms with Crippen molar-refractivity contribution in [3.63, 3.8) is 0 Å². The first-order valence-electron chi connectivity index (χ1n) is 12.2. The molecule has 5 rings (SSSR count). The zero-order valence-corrected chi connectivity index (χ0v) is 20.9. The van der Waals surface area contributed by atoms with Gasteiger partial charge in [0.15, 0.2) is 5.78 Å². The number of ketones is 1. The normalized spacial score (nSPS) is 14.1. The molecule has 1 aliphatic heterocycles. The number of amides is 1. The molecule has 0 atom stereocenters. The Morgan fingerprint density at radius 1 is 0.892 bits per heavy atom. The number of nitrogens with zero attached hydrogens (tertiary/aromatic N) is 3. The molecule has 4 aromatic rings. The van der Waals surface area contributed by atoms with E-state index in [1.807, 2.05) is 29.2 Å². The first-order chi connectivity index (χ1) is 17.9. The van der Waals surface area contributed by atoms with E-state index in [0.29, 0.717) is 58.6 Å². The maximum Gasteiger partial charge on any atom is 0.272 e. The number of fused-ring (bicyclic) bond motifs is 1. The van der Waals surface area contributed by atoms with Crippen LogP contribution in [0.5, 0.6) is 11.5 Å². The lowest BCUT2D eigenvalue weighted by atomic mass is 10.0. The van der Waals surface area contributed by atoms with Crippen molar-refractivity contribution >= 4 is 22.5 Å². The van der Waals surface area contributed by atoms with E-state index in [0.717, 1.165) is 18.7 Å². The standard InChI is InChI=1S/C29H28N4O4/c1-19(34)21-6-8-23(9-7-21)37-24-10-11-25-26(18-24)27(30-31-28(25)35)17-20-4-3-5-22(16-20)29(36)33-14-12-32(2)13-15-33/h3-11,16,18H,12-15,17H2,1-2H3,(H,31,35).